The fourth-order valence-electron chi connectivity index (χ4n) is 3.01. The van der Waals surface area contributed by atoms with Gasteiger partial charge in [0.1, 0.15) is 16.8 Å². The number of carbonyl (C=O) groups is 2. The molecule has 0 aliphatic rings. The van der Waals surface area contributed by atoms with Gasteiger partial charge in [0.2, 0.25) is 16.9 Å². The van der Waals surface area contributed by atoms with Crippen LogP contribution in [-0.2, 0) is 16.0 Å². The molecule has 8 heteroatoms. The smallest absolute Gasteiger partial charge is 0.249 e. The first-order valence-electron chi connectivity index (χ1n) is 10.1. The third-order valence-corrected chi connectivity index (χ3v) is 5.61. The van der Waals surface area contributed by atoms with E-state index >= 15 is 0 Å². The molecular formula is C23H26N4O3S. The molecule has 0 radical (unpaired) electrons. The molecule has 0 aliphatic heterocycles. The number of benzene rings is 2. The number of carbonyl (C=O) groups excluding carboxylic acids is 2. The number of ether oxygens (including phenoxy) is 1. The maximum absolute atomic E-state index is 12.8. The Morgan fingerprint density at radius 3 is 2.55 bits per heavy atom. The summed E-state index contributed by atoms with van der Waals surface area (Å²) in [6.07, 6.45) is 0.943. The first kappa shape index (κ1) is 22.4. The number of aromatic nitrogens is 2. The zero-order chi connectivity index (χ0) is 22.2. The summed E-state index contributed by atoms with van der Waals surface area (Å²) >= 11 is 1.27. The maximum Gasteiger partial charge on any atom is 0.249 e. The quantitative estimate of drug-likeness (QED) is 0.528. The number of hydrogen-bond donors (Lipinski definition) is 2. The van der Waals surface area contributed by atoms with Gasteiger partial charge in [0, 0.05) is 12.0 Å². The normalized spacial score (nSPS) is 11.7. The molecule has 0 bridgehead atoms. The van der Waals surface area contributed by atoms with Gasteiger partial charge in [-0.25, -0.2) is 0 Å². The van der Waals surface area contributed by atoms with Gasteiger partial charge in [-0.3, -0.25) is 14.9 Å². The van der Waals surface area contributed by atoms with Crippen LogP contribution >= 0.6 is 11.3 Å². The highest BCUT2D eigenvalue weighted by Gasteiger charge is 2.25. The van der Waals surface area contributed by atoms with Crippen molar-refractivity contribution in [1.29, 1.82) is 0 Å². The third-order valence-electron chi connectivity index (χ3n) is 4.72. The molecule has 1 heterocycles. The van der Waals surface area contributed by atoms with Gasteiger partial charge in [-0.1, -0.05) is 67.6 Å². The predicted molar refractivity (Wildman–Crippen MR) is 122 cm³/mol. The number of anilines is 1. The van der Waals surface area contributed by atoms with Gasteiger partial charge in [-0.2, -0.15) is 0 Å². The van der Waals surface area contributed by atoms with E-state index in [1.165, 1.54) is 11.3 Å². The molecule has 0 spiro atoms. The van der Waals surface area contributed by atoms with E-state index in [0.717, 1.165) is 16.9 Å². The number of hydrogen-bond acceptors (Lipinski definition) is 6. The maximum atomic E-state index is 12.8. The van der Waals surface area contributed by atoms with Crippen molar-refractivity contribution in [2.45, 2.75) is 32.7 Å². The minimum absolute atomic E-state index is 0.0774. The Morgan fingerprint density at radius 2 is 1.84 bits per heavy atom. The Hall–Kier alpha value is -3.26. The largest absolute Gasteiger partial charge is 0.497 e. The Balaban J connectivity index is 1.60. The van der Waals surface area contributed by atoms with E-state index in [4.69, 9.17) is 4.74 Å². The zero-order valence-electron chi connectivity index (χ0n) is 17.8. The molecule has 3 rings (SSSR count). The molecule has 2 amide bonds. The van der Waals surface area contributed by atoms with Gasteiger partial charge >= 0.3 is 0 Å². The number of nitrogens with zero attached hydrogens (tertiary/aromatic N) is 2. The summed E-state index contributed by atoms with van der Waals surface area (Å²) < 4.78 is 5.24. The van der Waals surface area contributed by atoms with Crippen molar-refractivity contribution >= 4 is 28.3 Å². The first-order valence-corrected chi connectivity index (χ1v) is 10.9. The van der Waals surface area contributed by atoms with Crippen LogP contribution in [0, 0.1) is 5.92 Å². The van der Waals surface area contributed by atoms with Crippen LogP contribution in [-0.4, -0.2) is 35.2 Å². The molecule has 2 N–H and O–H groups in total. The Morgan fingerprint density at radius 1 is 1.06 bits per heavy atom. The van der Waals surface area contributed by atoms with Crippen molar-refractivity contribution < 1.29 is 14.3 Å². The molecule has 1 atom stereocenters. The molecule has 1 aromatic heterocycles. The number of aryl methyl sites for hydroxylation is 1. The van der Waals surface area contributed by atoms with E-state index in [-0.39, 0.29) is 17.7 Å². The monoisotopic (exact) mass is 438 g/mol. The molecular weight excluding hydrogens is 412 g/mol. The number of nitrogens with one attached hydrogen (secondary N) is 2. The lowest BCUT2D eigenvalue weighted by Gasteiger charge is -2.21. The fourth-order valence-corrected chi connectivity index (χ4v) is 3.76. The average Bonchev–Trinajstić information content (AvgIpc) is 3.25. The first-order chi connectivity index (χ1) is 15.0. The van der Waals surface area contributed by atoms with Crippen molar-refractivity contribution in [3.8, 4) is 16.3 Å². The van der Waals surface area contributed by atoms with Gasteiger partial charge in [-0.15, -0.1) is 10.2 Å². The predicted octanol–water partition coefficient (Wildman–Crippen LogP) is 3.93. The lowest BCUT2D eigenvalue weighted by atomic mass is 10.0. The lowest BCUT2D eigenvalue weighted by molar-refractivity contribution is -0.127. The van der Waals surface area contributed by atoms with Crippen LogP contribution in [0.25, 0.3) is 10.6 Å². The number of methoxy groups -OCH3 is 1. The highest BCUT2D eigenvalue weighted by molar-refractivity contribution is 7.18. The minimum atomic E-state index is -0.660. The average molecular weight is 439 g/mol. The summed E-state index contributed by atoms with van der Waals surface area (Å²) in [5.74, 6) is 0.172. The Kier molecular flexibility index (Phi) is 7.72. The second kappa shape index (κ2) is 10.7. The summed E-state index contributed by atoms with van der Waals surface area (Å²) in [6.45, 7) is 3.78. The van der Waals surface area contributed by atoms with Gasteiger partial charge in [0.15, 0.2) is 0 Å². The molecule has 2 aromatic carbocycles. The minimum Gasteiger partial charge on any atom is -0.497 e. The van der Waals surface area contributed by atoms with Crippen LogP contribution in [0.4, 0.5) is 5.13 Å². The molecule has 31 heavy (non-hydrogen) atoms. The van der Waals surface area contributed by atoms with Crippen LogP contribution in [0.2, 0.25) is 0 Å². The number of rotatable bonds is 9. The summed E-state index contributed by atoms with van der Waals surface area (Å²) in [4.78, 5) is 25.2. The summed E-state index contributed by atoms with van der Waals surface area (Å²) in [5, 5.41) is 14.9. The Labute approximate surface area is 185 Å². The van der Waals surface area contributed by atoms with Gasteiger partial charge in [0.05, 0.1) is 7.11 Å². The zero-order valence-corrected chi connectivity index (χ0v) is 18.6. The summed E-state index contributed by atoms with van der Waals surface area (Å²) in [5.41, 5.74) is 1.94. The second-order valence-corrected chi connectivity index (χ2v) is 8.39. The molecule has 162 valence electrons. The van der Waals surface area contributed by atoms with E-state index in [1.807, 2.05) is 68.4 Å². The van der Waals surface area contributed by atoms with Crippen molar-refractivity contribution in [3.63, 3.8) is 0 Å². The molecule has 0 aliphatic carbocycles. The summed E-state index contributed by atoms with van der Waals surface area (Å²) in [7, 11) is 1.60. The molecule has 7 nitrogen and oxygen atoms in total. The van der Waals surface area contributed by atoms with Crippen molar-refractivity contribution in [2.24, 2.45) is 5.92 Å². The molecule has 0 fully saturated rings. The highest BCUT2D eigenvalue weighted by atomic mass is 32.1. The van der Waals surface area contributed by atoms with Gasteiger partial charge in [0.25, 0.3) is 0 Å². The van der Waals surface area contributed by atoms with E-state index in [0.29, 0.717) is 23.0 Å². The standard InChI is InChI=1S/C23H26N4O3S/c1-15(2)20(24-19(28)13-12-16-8-5-4-6-9-16)21(29)25-23-27-26-22(31-23)17-10-7-11-18(14-17)30-3/h4-11,14-15,20H,12-13H2,1-3H3,(H,24,28)(H,25,27,29). The Bertz CT molecular complexity index is 1020. The topological polar surface area (TPSA) is 93.2 Å². The van der Waals surface area contributed by atoms with Crippen LogP contribution in [0.15, 0.2) is 54.6 Å². The lowest BCUT2D eigenvalue weighted by Crippen LogP contribution is -2.47. The summed E-state index contributed by atoms with van der Waals surface area (Å²) in [6, 6.07) is 16.6. The van der Waals surface area contributed by atoms with E-state index < -0.39 is 6.04 Å². The van der Waals surface area contributed by atoms with E-state index in [2.05, 4.69) is 20.8 Å². The van der Waals surface area contributed by atoms with Crippen LogP contribution in [0.5, 0.6) is 5.75 Å². The molecule has 1 unspecified atom stereocenters. The SMILES string of the molecule is COc1cccc(-c2nnc(NC(=O)C(NC(=O)CCc3ccccc3)C(C)C)s2)c1. The van der Waals surface area contributed by atoms with E-state index in [1.54, 1.807) is 7.11 Å². The highest BCUT2D eigenvalue weighted by Crippen LogP contribution is 2.28. The van der Waals surface area contributed by atoms with Crippen LogP contribution in [0.3, 0.4) is 0 Å². The van der Waals surface area contributed by atoms with Crippen LogP contribution in [0.1, 0.15) is 25.8 Å². The second-order valence-electron chi connectivity index (χ2n) is 7.41. The number of amides is 2. The molecule has 0 saturated heterocycles. The van der Waals surface area contributed by atoms with Gasteiger partial charge < -0.3 is 10.1 Å². The molecule has 0 saturated carbocycles. The van der Waals surface area contributed by atoms with E-state index in [9.17, 15) is 9.59 Å². The third kappa shape index (κ3) is 6.36. The van der Waals surface area contributed by atoms with Crippen LogP contribution < -0.4 is 15.4 Å². The molecule has 3 aromatic rings. The van der Waals surface area contributed by atoms with Crippen molar-refractivity contribution in [2.75, 3.05) is 12.4 Å². The van der Waals surface area contributed by atoms with Crippen molar-refractivity contribution in [1.82, 2.24) is 15.5 Å². The van der Waals surface area contributed by atoms with Crippen molar-refractivity contribution in [3.05, 3.63) is 60.2 Å². The fraction of sp³-hybridized carbons (Fsp3) is 0.304. The van der Waals surface area contributed by atoms with Gasteiger partial charge in [-0.05, 0) is 30.0 Å².